The maximum absolute atomic E-state index is 2.33. The van der Waals surface area contributed by atoms with Crippen LogP contribution in [0, 0.1) is 6.92 Å². The quantitative estimate of drug-likeness (QED) is 0.639. The highest BCUT2D eigenvalue weighted by atomic mass is 14.3. The molecule has 0 N–H and O–H groups in total. The molecule has 1 aliphatic rings. The lowest BCUT2D eigenvalue weighted by molar-refractivity contribution is 0.608. The smallest absolute Gasteiger partial charge is 0.0156 e. The van der Waals surface area contributed by atoms with Gasteiger partial charge in [0, 0.05) is 0 Å². The molecule has 1 atom stereocenters. The van der Waals surface area contributed by atoms with E-state index in [0.717, 1.165) is 5.92 Å². The van der Waals surface area contributed by atoms with Gasteiger partial charge in [-0.3, -0.25) is 0 Å². The summed E-state index contributed by atoms with van der Waals surface area (Å²) in [5.74, 6) is 0.861. The van der Waals surface area contributed by atoms with Gasteiger partial charge in [-0.1, -0.05) is 31.5 Å². The first-order valence-electron chi connectivity index (χ1n) is 5.41. The van der Waals surface area contributed by atoms with Gasteiger partial charge in [0.25, 0.3) is 0 Å². The maximum atomic E-state index is 2.33. The molecule has 0 saturated carbocycles. The van der Waals surface area contributed by atoms with Crippen LogP contribution in [0.1, 0.15) is 48.8 Å². The molecule has 0 bridgehead atoms. The lowest BCUT2D eigenvalue weighted by Crippen LogP contribution is -1.92. The minimum absolute atomic E-state index is 0.861. The average Bonchev–Trinajstić information content (AvgIpc) is 2.51. The molecule has 0 saturated heterocycles. The number of hydrogen-bond acceptors (Lipinski definition) is 0. The summed E-state index contributed by atoms with van der Waals surface area (Å²) >= 11 is 0. The zero-order valence-corrected chi connectivity index (χ0v) is 8.64. The third-order valence-corrected chi connectivity index (χ3v) is 3.27. The molecule has 0 heterocycles. The zero-order valence-electron chi connectivity index (χ0n) is 8.64. The lowest BCUT2D eigenvalue weighted by atomic mass is 9.95. The van der Waals surface area contributed by atoms with Crippen LogP contribution in [0.25, 0.3) is 0 Å². The molecular weight excluding hydrogens is 156 g/mol. The Morgan fingerprint density at radius 3 is 3.00 bits per heavy atom. The SMILES string of the molecule is CCCC1CCc2c(C)cccc21. The van der Waals surface area contributed by atoms with E-state index in [1.165, 1.54) is 31.2 Å². The van der Waals surface area contributed by atoms with Crippen molar-refractivity contribution >= 4 is 0 Å². The van der Waals surface area contributed by atoms with Gasteiger partial charge in [0.05, 0.1) is 0 Å². The van der Waals surface area contributed by atoms with E-state index in [1.54, 1.807) is 11.1 Å². The van der Waals surface area contributed by atoms with Gasteiger partial charge >= 0.3 is 0 Å². The van der Waals surface area contributed by atoms with Crippen molar-refractivity contribution in [2.24, 2.45) is 0 Å². The van der Waals surface area contributed by atoms with E-state index < -0.39 is 0 Å². The van der Waals surface area contributed by atoms with Gasteiger partial charge in [-0.05, 0) is 48.8 Å². The lowest BCUT2D eigenvalue weighted by Gasteiger charge is -2.10. The number of rotatable bonds is 2. The Bertz CT molecular complexity index is 299. The summed E-state index contributed by atoms with van der Waals surface area (Å²) in [5, 5.41) is 0. The molecule has 1 unspecified atom stereocenters. The molecule has 1 aromatic carbocycles. The van der Waals surface area contributed by atoms with Crippen molar-refractivity contribution in [2.75, 3.05) is 0 Å². The summed E-state index contributed by atoms with van der Waals surface area (Å²) in [6.45, 7) is 4.53. The van der Waals surface area contributed by atoms with E-state index in [1.807, 2.05) is 0 Å². The van der Waals surface area contributed by atoms with Crippen LogP contribution >= 0.6 is 0 Å². The zero-order chi connectivity index (χ0) is 9.26. The van der Waals surface area contributed by atoms with Crippen molar-refractivity contribution in [1.29, 1.82) is 0 Å². The largest absolute Gasteiger partial charge is 0.0654 e. The standard InChI is InChI=1S/C13H18/c1-3-5-11-8-9-12-10(2)6-4-7-13(11)12/h4,6-7,11H,3,5,8-9H2,1-2H3. The van der Waals surface area contributed by atoms with Gasteiger partial charge in [0.15, 0.2) is 0 Å². The second-order valence-corrected chi connectivity index (χ2v) is 4.17. The fourth-order valence-electron chi connectivity index (χ4n) is 2.57. The Labute approximate surface area is 81.0 Å². The molecule has 13 heavy (non-hydrogen) atoms. The van der Waals surface area contributed by atoms with Crippen molar-refractivity contribution in [3.63, 3.8) is 0 Å². The second kappa shape index (κ2) is 3.53. The van der Waals surface area contributed by atoms with Crippen molar-refractivity contribution in [3.8, 4) is 0 Å². The van der Waals surface area contributed by atoms with E-state index in [4.69, 9.17) is 0 Å². The van der Waals surface area contributed by atoms with Crippen LogP contribution < -0.4 is 0 Å². The first-order chi connectivity index (χ1) is 6.33. The molecule has 0 amide bonds. The Morgan fingerprint density at radius 2 is 2.23 bits per heavy atom. The summed E-state index contributed by atoms with van der Waals surface area (Å²) in [5.41, 5.74) is 4.78. The summed E-state index contributed by atoms with van der Waals surface area (Å²) in [6, 6.07) is 6.78. The first-order valence-corrected chi connectivity index (χ1v) is 5.41. The third-order valence-electron chi connectivity index (χ3n) is 3.27. The fraction of sp³-hybridized carbons (Fsp3) is 0.538. The van der Waals surface area contributed by atoms with Crippen LogP contribution in [0.3, 0.4) is 0 Å². The Balaban J connectivity index is 2.32. The first kappa shape index (κ1) is 8.80. The highest BCUT2D eigenvalue weighted by Gasteiger charge is 2.21. The normalized spacial score (nSPS) is 20.3. The predicted molar refractivity (Wildman–Crippen MR) is 57.1 cm³/mol. The number of fused-ring (bicyclic) bond motifs is 1. The topological polar surface area (TPSA) is 0 Å². The molecule has 0 spiro atoms. The Hall–Kier alpha value is -0.780. The van der Waals surface area contributed by atoms with Crippen LogP contribution in [0.5, 0.6) is 0 Å². The van der Waals surface area contributed by atoms with Gasteiger partial charge < -0.3 is 0 Å². The minimum Gasteiger partial charge on any atom is -0.0654 e. The summed E-state index contributed by atoms with van der Waals surface area (Å²) in [7, 11) is 0. The number of hydrogen-bond donors (Lipinski definition) is 0. The van der Waals surface area contributed by atoms with Crippen LogP contribution in [-0.4, -0.2) is 0 Å². The molecule has 1 aromatic rings. The molecule has 0 radical (unpaired) electrons. The van der Waals surface area contributed by atoms with Crippen molar-refractivity contribution in [1.82, 2.24) is 0 Å². The maximum Gasteiger partial charge on any atom is -0.0156 e. The monoisotopic (exact) mass is 174 g/mol. The molecule has 0 heteroatoms. The van der Waals surface area contributed by atoms with Crippen LogP contribution in [0.2, 0.25) is 0 Å². The molecule has 2 rings (SSSR count). The second-order valence-electron chi connectivity index (χ2n) is 4.17. The average molecular weight is 174 g/mol. The van der Waals surface area contributed by atoms with E-state index in [0.29, 0.717) is 0 Å². The van der Waals surface area contributed by atoms with Gasteiger partial charge in [0.1, 0.15) is 0 Å². The number of aryl methyl sites for hydroxylation is 1. The van der Waals surface area contributed by atoms with Gasteiger partial charge in [-0.25, -0.2) is 0 Å². The molecule has 0 aromatic heterocycles. The molecule has 0 fully saturated rings. The third kappa shape index (κ3) is 1.50. The van der Waals surface area contributed by atoms with Gasteiger partial charge in [0.2, 0.25) is 0 Å². The van der Waals surface area contributed by atoms with Crippen LogP contribution in [-0.2, 0) is 6.42 Å². The van der Waals surface area contributed by atoms with E-state index in [2.05, 4.69) is 32.0 Å². The Kier molecular flexibility index (Phi) is 2.39. The van der Waals surface area contributed by atoms with E-state index >= 15 is 0 Å². The summed E-state index contributed by atoms with van der Waals surface area (Å²) < 4.78 is 0. The number of benzene rings is 1. The van der Waals surface area contributed by atoms with E-state index in [-0.39, 0.29) is 0 Å². The highest BCUT2D eigenvalue weighted by molar-refractivity contribution is 5.40. The molecule has 0 aliphatic heterocycles. The predicted octanol–water partition coefficient (Wildman–Crippen LogP) is 3.82. The minimum atomic E-state index is 0.861. The van der Waals surface area contributed by atoms with Crippen LogP contribution in [0.4, 0.5) is 0 Å². The molecule has 1 aliphatic carbocycles. The molecule has 0 nitrogen and oxygen atoms in total. The van der Waals surface area contributed by atoms with Gasteiger partial charge in [-0.15, -0.1) is 0 Å². The van der Waals surface area contributed by atoms with Crippen molar-refractivity contribution < 1.29 is 0 Å². The van der Waals surface area contributed by atoms with E-state index in [9.17, 15) is 0 Å². The fourth-order valence-corrected chi connectivity index (χ4v) is 2.57. The van der Waals surface area contributed by atoms with Gasteiger partial charge in [-0.2, -0.15) is 0 Å². The summed E-state index contributed by atoms with van der Waals surface area (Å²) in [6.07, 6.45) is 5.38. The molecule has 70 valence electrons. The summed E-state index contributed by atoms with van der Waals surface area (Å²) in [4.78, 5) is 0. The van der Waals surface area contributed by atoms with Crippen molar-refractivity contribution in [3.05, 3.63) is 34.9 Å². The molecular formula is C13H18. The Morgan fingerprint density at radius 1 is 1.38 bits per heavy atom. The highest BCUT2D eigenvalue weighted by Crippen LogP contribution is 2.37. The van der Waals surface area contributed by atoms with Crippen LogP contribution in [0.15, 0.2) is 18.2 Å². The van der Waals surface area contributed by atoms with Crippen molar-refractivity contribution in [2.45, 2.75) is 45.4 Å².